The molecule has 0 bridgehead atoms. The Morgan fingerprint density at radius 2 is 1.95 bits per heavy atom. The van der Waals surface area contributed by atoms with E-state index in [9.17, 15) is 4.79 Å². The largest absolute Gasteiger partial charge is 0.345 e. The lowest BCUT2D eigenvalue weighted by Gasteiger charge is -2.32. The topological polar surface area (TPSA) is 20.3 Å². The Kier molecular flexibility index (Phi) is 3.26. The van der Waals surface area contributed by atoms with Gasteiger partial charge in [-0.1, -0.05) is 15.9 Å². The molecule has 4 rings (SSSR count). The lowest BCUT2D eigenvalue weighted by Crippen LogP contribution is -2.25. The van der Waals surface area contributed by atoms with Crippen LogP contribution < -0.4 is 4.90 Å². The maximum Gasteiger partial charge on any atom is 0.155 e. The van der Waals surface area contributed by atoms with Crippen molar-refractivity contribution < 1.29 is 4.79 Å². The Labute approximate surface area is 133 Å². The van der Waals surface area contributed by atoms with Crippen LogP contribution >= 0.6 is 15.9 Å². The lowest BCUT2D eigenvalue weighted by atomic mass is 9.79. The van der Waals surface area contributed by atoms with Gasteiger partial charge in [-0.3, -0.25) is 4.79 Å². The van der Waals surface area contributed by atoms with E-state index in [1.54, 1.807) is 0 Å². The van der Waals surface area contributed by atoms with Crippen LogP contribution in [-0.2, 0) is 11.2 Å². The number of nitrogens with zero attached hydrogens (tertiary/aromatic N) is 1. The third kappa shape index (κ3) is 2.38. The van der Waals surface area contributed by atoms with Crippen molar-refractivity contribution in [2.45, 2.75) is 32.1 Å². The van der Waals surface area contributed by atoms with Gasteiger partial charge in [0.15, 0.2) is 5.78 Å². The number of rotatable bonds is 1. The predicted molar refractivity (Wildman–Crippen MR) is 88.3 cm³/mol. The molecule has 0 radical (unpaired) electrons. The van der Waals surface area contributed by atoms with Gasteiger partial charge in [-0.2, -0.15) is 0 Å². The summed E-state index contributed by atoms with van der Waals surface area (Å²) in [6.45, 7) is 1.06. The second-order valence-corrected chi connectivity index (χ2v) is 7.11. The molecule has 1 aliphatic heterocycles. The second-order valence-electron chi connectivity index (χ2n) is 6.20. The normalized spacial score (nSPS) is 24.3. The van der Waals surface area contributed by atoms with Crippen molar-refractivity contribution in [1.82, 2.24) is 0 Å². The van der Waals surface area contributed by atoms with Gasteiger partial charge in [0.2, 0.25) is 0 Å². The van der Waals surface area contributed by atoms with E-state index in [-0.39, 0.29) is 0 Å². The molecular formula is C18H18BrNO. The first kappa shape index (κ1) is 13.3. The van der Waals surface area contributed by atoms with E-state index in [1.165, 1.54) is 28.9 Å². The van der Waals surface area contributed by atoms with E-state index < -0.39 is 0 Å². The number of ketones is 1. The van der Waals surface area contributed by atoms with Crippen molar-refractivity contribution in [3.05, 3.63) is 51.7 Å². The summed E-state index contributed by atoms with van der Waals surface area (Å²) in [4.78, 5) is 14.1. The number of fused-ring (bicyclic) bond motifs is 2. The summed E-state index contributed by atoms with van der Waals surface area (Å²) in [5, 5.41) is 0. The van der Waals surface area contributed by atoms with Crippen LogP contribution in [0.15, 0.2) is 46.1 Å². The molecule has 0 aromatic heterocycles. The van der Waals surface area contributed by atoms with Crippen LogP contribution in [0, 0.1) is 5.92 Å². The Hall–Kier alpha value is -1.35. The Balaban J connectivity index is 1.68. The molecule has 108 valence electrons. The molecule has 21 heavy (non-hydrogen) atoms. The SMILES string of the molecule is O=C1C=C2C=C(N3CCc4cc(Br)ccc43)CCC2CC1. The van der Waals surface area contributed by atoms with E-state index in [1.807, 2.05) is 6.08 Å². The highest BCUT2D eigenvalue weighted by atomic mass is 79.9. The monoisotopic (exact) mass is 343 g/mol. The molecule has 1 aromatic rings. The minimum Gasteiger partial charge on any atom is -0.345 e. The van der Waals surface area contributed by atoms with Crippen LogP contribution in [0.5, 0.6) is 0 Å². The van der Waals surface area contributed by atoms with Gasteiger partial charge < -0.3 is 4.90 Å². The fourth-order valence-electron chi connectivity index (χ4n) is 3.80. The van der Waals surface area contributed by atoms with Crippen LogP contribution in [0.4, 0.5) is 5.69 Å². The van der Waals surface area contributed by atoms with Crippen LogP contribution in [-0.4, -0.2) is 12.3 Å². The quantitative estimate of drug-likeness (QED) is 0.753. The zero-order chi connectivity index (χ0) is 14.4. The third-order valence-corrected chi connectivity index (χ3v) is 5.40. The summed E-state index contributed by atoms with van der Waals surface area (Å²) < 4.78 is 1.15. The van der Waals surface area contributed by atoms with Gasteiger partial charge in [0.05, 0.1) is 0 Å². The van der Waals surface area contributed by atoms with E-state index in [4.69, 9.17) is 0 Å². The molecule has 0 saturated heterocycles. The molecule has 2 aliphatic carbocycles. The second kappa shape index (κ2) is 5.13. The van der Waals surface area contributed by atoms with Crippen LogP contribution in [0.25, 0.3) is 0 Å². The number of anilines is 1. The standard InChI is InChI=1S/C18H18BrNO/c19-15-3-6-18-13(9-15)7-8-20(18)16-4-1-12-2-5-17(21)11-14(12)10-16/h3,6,9-12H,1-2,4-5,7-8H2. The highest BCUT2D eigenvalue weighted by molar-refractivity contribution is 9.10. The molecule has 1 heterocycles. The number of benzene rings is 1. The molecule has 3 aliphatic rings. The fraction of sp³-hybridized carbons (Fsp3) is 0.389. The summed E-state index contributed by atoms with van der Waals surface area (Å²) in [5.41, 5.74) is 5.40. The predicted octanol–water partition coefficient (Wildman–Crippen LogP) is 4.39. The molecular weight excluding hydrogens is 326 g/mol. The number of carbonyl (C=O) groups is 1. The fourth-order valence-corrected chi connectivity index (χ4v) is 4.21. The minimum atomic E-state index is 0.296. The molecule has 0 amide bonds. The van der Waals surface area contributed by atoms with Crippen molar-refractivity contribution in [3.63, 3.8) is 0 Å². The number of halogens is 1. The van der Waals surface area contributed by atoms with Crippen molar-refractivity contribution in [3.8, 4) is 0 Å². The molecule has 0 spiro atoms. The number of hydrogen-bond donors (Lipinski definition) is 0. The van der Waals surface area contributed by atoms with E-state index in [0.29, 0.717) is 11.7 Å². The Bertz CT molecular complexity index is 674. The Morgan fingerprint density at radius 1 is 1.10 bits per heavy atom. The van der Waals surface area contributed by atoms with Crippen LogP contribution in [0.3, 0.4) is 0 Å². The first-order valence-corrected chi connectivity index (χ1v) is 8.51. The molecule has 3 heteroatoms. The molecule has 1 unspecified atom stereocenters. The van der Waals surface area contributed by atoms with E-state index in [0.717, 1.165) is 36.7 Å². The van der Waals surface area contributed by atoms with Gasteiger partial charge in [0, 0.05) is 28.8 Å². The Morgan fingerprint density at radius 3 is 2.86 bits per heavy atom. The molecule has 0 fully saturated rings. The van der Waals surface area contributed by atoms with E-state index in [2.05, 4.69) is 45.1 Å². The van der Waals surface area contributed by atoms with Gasteiger partial charge in [-0.25, -0.2) is 0 Å². The van der Waals surface area contributed by atoms with Crippen molar-refractivity contribution in [1.29, 1.82) is 0 Å². The minimum absolute atomic E-state index is 0.296. The van der Waals surface area contributed by atoms with E-state index >= 15 is 0 Å². The number of hydrogen-bond acceptors (Lipinski definition) is 2. The zero-order valence-electron chi connectivity index (χ0n) is 11.9. The van der Waals surface area contributed by atoms with Crippen molar-refractivity contribution in [2.75, 3.05) is 11.4 Å². The number of carbonyl (C=O) groups excluding carboxylic acids is 1. The van der Waals surface area contributed by atoms with Gasteiger partial charge in [-0.05, 0) is 73.1 Å². The summed E-state index contributed by atoms with van der Waals surface area (Å²) in [5.74, 6) is 0.906. The molecule has 0 N–H and O–H groups in total. The summed E-state index contributed by atoms with van der Waals surface area (Å²) in [6.07, 6.45) is 9.36. The summed E-state index contributed by atoms with van der Waals surface area (Å²) >= 11 is 3.55. The smallest absolute Gasteiger partial charge is 0.155 e. The molecule has 2 nitrogen and oxygen atoms in total. The summed E-state index contributed by atoms with van der Waals surface area (Å²) in [6, 6.07) is 6.55. The average Bonchev–Trinajstić information content (AvgIpc) is 2.89. The highest BCUT2D eigenvalue weighted by Crippen LogP contribution is 2.40. The van der Waals surface area contributed by atoms with Gasteiger partial charge >= 0.3 is 0 Å². The highest BCUT2D eigenvalue weighted by Gasteiger charge is 2.28. The van der Waals surface area contributed by atoms with Crippen molar-refractivity contribution >= 4 is 27.4 Å². The van der Waals surface area contributed by atoms with Crippen molar-refractivity contribution in [2.24, 2.45) is 5.92 Å². The molecule has 0 saturated carbocycles. The van der Waals surface area contributed by atoms with Crippen LogP contribution in [0.1, 0.15) is 31.2 Å². The van der Waals surface area contributed by atoms with Crippen LogP contribution in [0.2, 0.25) is 0 Å². The molecule has 1 aromatic carbocycles. The van der Waals surface area contributed by atoms with Gasteiger partial charge in [0.1, 0.15) is 0 Å². The lowest BCUT2D eigenvalue weighted by molar-refractivity contribution is -0.115. The third-order valence-electron chi connectivity index (χ3n) is 4.90. The van der Waals surface area contributed by atoms with Gasteiger partial charge in [-0.15, -0.1) is 0 Å². The summed E-state index contributed by atoms with van der Waals surface area (Å²) in [7, 11) is 0. The van der Waals surface area contributed by atoms with Gasteiger partial charge in [0.25, 0.3) is 0 Å². The molecule has 1 atom stereocenters. The first-order chi connectivity index (χ1) is 10.2. The first-order valence-electron chi connectivity index (χ1n) is 7.72. The number of allylic oxidation sites excluding steroid dienone is 4. The zero-order valence-corrected chi connectivity index (χ0v) is 13.5. The average molecular weight is 344 g/mol. The maximum absolute atomic E-state index is 11.7. The maximum atomic E-state index is 11.7.